The second kappa shape index (κ2) is 6.15. The minimum absolute atomic E-state index is 0.539. The van der Waals surface area contributed by atoms with Crippen molar-refractivity contribution >= 4 is 22.3 Å². The molecule has 1 fully saturated rings. The minimum atomic E-state index is 0.539. The van der Waals surface area contributed by atoms with E-state index < -0.39 is 0 Å². The van der Waals surface area contributed by atoms with Crippen LogP contribution in [0.15, 0.2) is 24.4 Å². The van der Waals surface area contributed by atoms with E-state index in [1.54, 1.807) is 0 Å². The Bertz CT molecular complexity index is 655. The molecule has 1 aliphatic rings. The average Bonchev–Trinajstić information content (AvgIpc) is 2.54. The fourth-order valence-electron chi connectivity index (χ4n) is 3.28. The van der Waals surface area contributed by atoms with Gasteiger partial charge in [-0.15, -0.1) is 0 Å². The molecule has 1 saturated heterocycles. The van der Waals surface area contributed by atoms with Gasteiger partial charge in [-0.1, -0.05) is 32.9 Å². The zero-order valence-electron chi connectivity index (χ0n) is 14.2. The molecule has 0 unspecified atom stereocenters. The Morgan fingerprint density at radius 2 is 1.91 bits per heavy atom. The number of anilines is 2. The lowest BCUT2D eigenvalue weighted by Crippen LogP contribution is -2.33. The lowest BCUT2D eigenvalue weighted by Gasteiger charge is -2.32. The van der Waals surface area contributed by atoms with E-state index in [0.717, 1.165) is 30.5 Å². The Morgan fingerprint density at radius 3 is 2.55 bits per heavy atom. The molecule has 3 nitrogen and oxygen atoms in total. The molecule has 1 aromatic carbocycles. The molecule has 118 valence electrons. The summed E-state index contributed by atoms with van der Waals surface area (Å²) in [5, 5.41) is 5.83. The van der Waals surface area contributed by atoms with E-state index in [0.29, 0.717) is 5.92 Å². The fourth-order valence-corrected chi connectivity index (χ4v) is 3.28. The largest absolute Gasteiger partial charge is 0.386 e. The number of nitrogens with zero attached hydrogens (tertiary/aromatic N) is 2. The Kier molecular flexibility index (Phi) is 4.23. The van der Waals surface area contributed by atoms with Crippen LogP contribution in [0.5, 0.6) is 0 Å². The summed E-state index contributed by atoms with van der Waals surface area (Å²) in [4.78, 5) is 7.25. The number of benzene rings is 1. The molecule has 0 amide bonds. The first kappa shape index (κ1) is 15.1. The number of fused-ring (bicyclic) bond motifs is 1. The van der Waals surface area contributed by atoms with Gasteiger partial charge in [-0.2, -0.15) is 0 Å². The van der Waals surface area contributed by atoms with Gasteiger partial charge in [0.1, 0.15) is 5.82 Å². The second-order valence-corrected chi connectivity index (χ2v) is 6.87. The van der Waals surface area contributed by atoms with Crippen LogP contribution in [0.1, 0.15) is 45.1 Å². The summed E-state index contributed by atoms with van der Waals surface area (Å²) in [6.07, 6.45) is 4.51. The molecule has 1 N–H and O–H groups in total. The van der Waals surface area contributed by atoms with E-state index in [1.807, 2.05) is 13.2 Å². The quantitative estimate of drug-likeness (QED) is 0.895. The highest BCUT2D eigenvalue weighted by molar-refractivity contribution is 6.00. The molecule has 0 saturated carbocycles. The number of nitrogens with one attached hydrogen (secondary N) is 1. The maximum atomic E-state index is 4.79. The minimum Gasteiger partial charge on any atom is -0.386 e. The molecular weight excluding hydrogens is 270 g/mol. The maximum Gasteiger partial charge on any atom is 0.136 e. The van der Waals surface area contributed by atoms with Crippen molar-refractivity contribution in [3.63, 3.8) is 0 Å². The van der Waals surface area contributed by atoms with Crippen LogP contribution in [0.3, 0.4) is 0 Å². The topological polar surface area (TPSA) is 28.2 Å². The zero-order chi connectivity index (χ0) is 15.7. The third-order valence-corrected chi connectivity index (χ3v) is 4.91. The lowest BCUT2D eigenvalue weighted by atomic mass is 9.97. The Balaban J connectivity index is 2.10. The Labute approximate surface area is 133 Å². The summed E-state index contributed by atoms with van der Waals surface area (Å²) in [5.74, 6) is 2.53. The summed E-state index contributed by atoms with van der Waals surface area (Å²) in [6, 6.07) is 6.82. The molecule has 2 aromatic rings. The van der Waals surface area contributed by atoms with E-state index in [4.69, 9.17) is 4.98 Å². The molecule has 3 rings (SSSR count). The smallest absolute Gasteiger partial charge is 0.136 e. The summed E-state index contributed by atoms with van der Waals surface area (Å²) >= 11 is 0. The molecule has 0 radical (unpaired) electrons. The van der Waals surface area contributed by atoms with Crippen molar-refractivity contribution in [2.45, 2.75) is 39.5 Å². The van der Waals surface area contributed by atoms with Crippen LogP contribution >= 0.6 is 0 Å². The van der Waals surface area contributed by atoms with Crippen LogP contribution in [-0.2, 0) is 0 Å². The van der Waals surface area contributed by atoms with Crippen molar-refractivity contribution in [2.24, 2.45) is 5.92 Å². The normalized spacial score (nSPS) is 16.5. The van der Waals surface area contributed by atoms with Crippen LogP contribution in [0.4, 0.5) is 11.5 Å². The van der Waals surface area contributed by atoms with E-state index in [9.17, 15) is 0 Å². The summed E-state index contributed by atoms with van der Waals surface area (Å²) in [6.45, 7) is 9.09. The van der Waals surface area contributed by atoms with Gasteiger partial charge < -0.3 is 10.2 Å². The SMILES string of the molecule is CNc1cnc(N2CCC(C)CC2)c2cc(C(C)C)ccc12. The van der Waals surface area contributed by atoms with Gasteiger partial charge in [0.15, 0.2) is 0 Å². The standard InChI is InChI=1S/C19H27N3/c1-13(2)15-5-6-16-17(11-15)19(21-12-18(16)20-4)22-9-7-14(3)8-10-22/h5-6,11-14,20H,7-10H2,1-4H3. The number of hydrogen-bond acceptors (Lipinski definition) is 3. The monoisotopic (exact) mass is 297 g/mol. The summed E-state index contributed by atoms with van der Waals surface area (Å²) in [7, 11) is 1.97. The summed E-state index contributed by atoms with van der Waals surface area (Å²) < 4.78 is 0. The van der Waals surface area contributed by atoms with Crippen LogP contribution in [0.25, 0.3) is 10.8 Å². The third-order valence-electron chi connectivity index (χ3n) is 4.91. The van der Waals surface area contributed by atoms with Gasteiger partial charge >= 0.3 is 0 Å². The van der Waals surface area contributed by atoms with Crippen molar-refractivity contribution < 1.29 is 0 Å². The highest BCUT2D eigenvalue weighted by Gasteiger charge is 2.20. The molecule has 0 atom stereocenters. The number of pyridine rings is 1. The van der Waals surface area contributed by atoms with E-state index in [-0.39, 0.29) is 0 Å². The van der Waals surface area contributed by atoms with Crippen LogP contribution in [0, 0.1) is 5.92 Å². The fraction of sp³-hybridized carbons (Fsp3) is 0.526. The van der Waals surface area contributed by atoms with Gasteiger partial charge in [0.05, 0.1) is 11.9 Å². The van der Waals surface area contributed by atoms with E-state index in [2.05, 4.69) is 49.2 Å². The van der Waals surface area contributed by atoms with Gasteiger partial charge in [-0.25, -0.2) is 4.98 Å². The van der Waals surface area contributed by atoms with Crippen molar-refractivity contribution in [2.75, 3.05) is 30.4 Å². The highest BCUT2D eigenvalue weighted by atomic mass is 15.2. The first-order valence-electron chi connectivity index (χ1n) is 8.45. The molecule has 3 heteroatoms. The second-order valence-electron chi connectivity index (χ2n) is 6.87. The molecule has 0 bridgehead atoms. The lowest BCUT2D eigenvalue weighted by molar-refractivity contribution is 0.437. The average molecular weight is 297 g/mol. The third kappa shape index (κ3) is 2.77. The molecule has 0 spiro atoms. The molecule has 1 aliphatic heterocycles. The zero-order valence-corrected chi connectivity index (χ0v) is 14.2. The van der Waals surface area contributed by atoms with Crippen molar-refractivity contribution in [3.8, 4) is 0 Å². The summed E-state index contributed by atoms with van der Waals surface area (Å²) in [5.41, 5.74) is 2.49. The predicted octanol–water partition coefficient (Wildman–Crippen LogP) is 4.64. The van der Waals surface area contributed by atoms with E-state index >= 15 is 0 Å². The van der Waals surface area contributed by atoms with Crippen LogP contribution in [0.2, 0.25) is 0 Å². The molecule has 0 aliphatic carbocycles. The van der Waals surface area contributed by atoms with Gasteiger partial charge in [-0.3, -0.25) is 0 Å². The van der Waals surface area contributed by atoms with Crippen LogP contribution < -0.4 is 10.2 Å². The van der Waals surface area contributed by atoms with Crippen LogP contribution in [-0.4, -0.2) is 25.1 Å². The number of piperidine rings is 1. The predicted molar refractivity (Wildman–Crippen MR) is 96.0 cm³/mol. The molecular formula is C19H27N3. The Morgan fingerprint density at radius 1 is 1.18 bits per heavy atom. The maximum absolute atomic E-state index is 4.79. The molecule has 1 aromatic heterocycles. The van der Waals surface area contributed by atoms with Crippen molar-refractivity contribution in [1.82, 2.24) is 4.98 Å². The molecule has 22 heavy (non-hydrogen) atoms. The van der Waals surface area contributed by atoms with Crippen molar-refractivity contribution in [1.29, 1.82) is 0 Å². The molecule has 2 heterocycles. The van der Waals surface area contributed by atoms with Gasteiger partial charge in [0.2, 0.25) is 0 Å². The van der Waals surface area contributed by atoms with Gasteiger partial charge in [0, 0.05) is 30.9 Å². The first-order valence-corrected chi connectivity index (χ1v) is 8.45. The Hall–Kier alpha value is -1.77. The number of rotatable bonds is 3. The first-order chi connectivity index (χ1) is 10.6. The van der Waals surface area contributed by atoms with Gasteiger partial charge in [-0.05, 0) is 36.3 Å². The number of aromatic nitrogens is 1. The highest BCUT2D eigenvalue weighted by Crippen LogP contribution is 2.34. The van der Waals surface area contributed by atoms with Gasteiger partial charge in [0.25, 0.3) is 0 Å². The number of hydrogen-bond donors (Lipinski definition) is 1. The van der Waals surface area contributed by atoms with Crippen molar-refractivity contribution in [3.05, 3.63) is 30.0 Å². The van der Waals surface area contributed by atoms with E-state index in [1.165, 1.54) is 29.2 Å².